The number of ether oxygens (including phenoxy) is 1. The molecule has 0 aromatic heterocycles. The van der Waals surface area contributed by atoms with Gasteiger partial charge in [0, 0.05) is 6.04 Å². The second-order valence-electron chi connectivity index (χ2n) is 6.41. The Bertz CT molecular complexity index is 447. The quantitative estimate of drug-likeness (QED) is 0.792. The molecule has 1 aromatic carbocycles. The predicted octanol–water partition coefficient (Wildman–Crippen LogP) is 4.80. The molecule has 0 amide bonds. The van der Waals surface area contributed by atoms with Gasteiger partial charge in [-0.25, -0.2) is 0 Å². The number of benzene rings is 1. The summed E-state index contributed by atoms with van der Waals surface area (Å²) >= 11 is 3.60. The van der Waals surface area contributed by atoms with Gasteiger partial charge in [-0.15, -0.1) is 0 Å². The molecule has 2 nitrogen and oxygen atoms in total. The molecule has 1 fully saturated rings. The highest BCUT2D eigenvalue weighted by Gasteiger charge is 2.28. The Morgan fingerprint density at radius 1 is 1.33 bits per heavy atom. The number of hydrogen-bond acceptors (Lipinski definition) is 2. The lowest BCUT2D eigenvalue weighted by Gasteiger charge is -2.36. The van der Waals surface area contributed by atoms with Crippen molar-refractivity contribution in [2.75, 3.05) is 13.7 Å². The minimum absolute atomic E-state index is 0.682. The molecule has 0 saturated heterocycles. The molecule has 0 bridgehead atoms. The van der Waals surface area contributed by atoms with Gasteiger partial charge in [0.2, 0.25) is 0 Å². The topological polar surface area (TPSA) is 21.3 Å². The molecule has 1 aliphatic carbocycles. The summed E-state index contributed by atoms with van der Waals surface area (Å²) in [6.07, 6.45) is 6.40. The van der Waals surface area contributed by atoms with E-state index in [0.717, 1.165) is 35.0 Å². The lowest BCUT2D eigenvalue weighted by Crippen LogP contribution is -2.41. The van der Waals surface area contributed by atoms with E-state index in [4.69, 9.17) is 4.74 Å². The van der Waals surface area contributed by atoms with Gasteiger partial charge >= 0.3 is 0 Å². The maximum atomic E-state index is 5.32. The maximum Gasteiger partial charge on any atom is 0.133 e. The van der Waals surface area contributed by atoms with Gasteiger partial charge < -0.3 is 10.1 Å². The van der Waals surface area contributed by atoms with E-state index in [1.807, 2.05) is 0 Å². The molecule has 0 heterocycles. The summed E-state index contributed by atoms with van der Waals surface area (Å²) in [4.78, 5) is 0. The molecule has 2 rings (SSSR count). The third-order valence-corrected chi connectivity index (χ3v) is 5.23. The number of hydrogen-bond donors (Lipinski definition) is 1. The van der Waals surface area contributed by atoms with Crippen LogP contribution in [-0.2, 0) is 6.42 Å². The van der Waals surface area contributed by atoms with Gasteiger partial charge in [0.25, 0.3) is 0 Å². The van der Waals surface area contributed by atoms with Gasteiger partial charge in [-0.05, 0) is 84.1 Å². The van der Waals surface area contributed by atoms with Gasteiger partial charge in [0.05, 0.1) is 11.6 Å². The molecule has 3 heteroatoms. The van der Waals surface area contributed by atoms with E-state index < -0.39 is 0 Å². The Morgan fingerprint density at radius 2 is 2.14 bits per heavy atom. The zero-order chi connectivity index (χ0) is 15.2. The molecule has 118 valence electrons. The van der Waals surface area contributed by atoms with E-state index >= 15 is 0 Å². The number of nitrogens with one attached hydrogen (secondary N) is 1. The molecule has 3 atom stereocenters. The fraction of sp³-hybridized carbons (Fsp3) is 0.667. The van der Waals surface area contributed by atoms with Crippen LogP contribution in [0.2, 0.25) is 0 Å². The van der Waals surface area contributed by atoms with Crippen LogP contribution in [0, 0.1) is 11.8 Å². The molecule has 1 N–H and O–H groups in total. The SMILES string of the molecule is CCCNC1CCC(C)CC1Cc1ccc(OC)c(Br)c1. The van der Waals surface area contributed by atoms with Crippen molar-refractivity contribution < 1.29 is 4.74 Å². The Balaban J connectivity index is 2.04. The van der Waals surface area contributed by atoms with Crippen molar-refractivity contribution >= 4 is 15.9 Å². The Morgan fingerprint density at radius 3 is 2.81 bits per heavy atom. The molecular weight excluding hydrogens is 326 g/mol. The molecule has 1 aliphatic rings. The summed E-state index contributed by atoms with van der Waals surface area (Å²) in [5, 5.41) is 3.76. The van der Waals surface area contributed by atoms with Crippen molar-refractivity contribution in [1.29, 1.82) is 0 Å². The molecule has 3 unspecified atom stereocenters. The summed E-state index contributed by atoms with van der Waals surface area (Å²) in [6, 6.07) is 7.18. The average molecular weight is 354 g/mol. The van der Waals surface area contributed by atoms with Gasteiger partial charge in [0.15, 0.2) is 0 Å². The maximum absolute atomic E-state index is 5.32. The summed E-state index contributed by atoms with van der Waals surface area (Å²) in [6.45, 7) is 5.78. The minimum Gasteiger partial charge on any atom is -0.496 e. The predicted molar refractivity (Wildman–Crippen MR) is 93.0 cm³/mol. The zero-order valence-electron chi connectivity index (χ0n) is 13.5. The molecule has 21 heavy (non-hydrogen) atoms. The third kappa shape index (κ3) is 4.72. The smallest absolute Gasteiger partial charge is 0.133 e. The van der Waals surface area contributed by atoms with Crippen molar-refractivity contribution in [3.63, 3.8) is 0 Å². The number of halogens is 1. The van der Waals surface area contributed by atoms with Crippen LogP contribution in [0.1, 0.15) is 45.1 Å². The van der Waals surface area contributed by atoms with Gasteiger partial charge in [-0.3, -0.25) is 0 Å². The first-order valence-electron chi connectivity index (χ1n) is 8.19. The molecule has 0 aliphatic heterocycles. The molecule has 1 aromatic rings. The van der Waals surface area contributed by atoms with Crippen LogP contribution in [0.4, 0.5) is 0 Å². The van der Waals surface area contributed by atoms with Gasteiger partial charge in [0.1, 0.15) is 5.75 Å². The highest BCUT2D eigenvalue weighted by molar-refractivity contribution is 9.10. The van der Waals surface area contributed by atoms with Crippen LogP contribution in [0.3, 0.4) is 0 Å². The molecule has 0 radical (unpaired) electrons. The van der Waals surface area contributed by atoms with Crippen LogP contribution in [-0.4, -0.2) is 19.7 Å². The standard InChI is InChI=1S/C18H28BrNO/c1-4-9-20-17-7-5-13(2)10-15(17)11-14-6-8-18(21-3)16(19)12-14/h6,8,12-13,15,17,20H,4-5,7,9-11H2,1-3H3. The van der Waals surface area contributed by atoms with Crippen molar-refractivity contribution in [2.24, 2.45) is 11.8 Å². The summed E-state index contributed by atoms with van der Waals surface area (Å²) in [7, 11) is 1.72. The van der Waals surface area contributed by atoms with E-state index in [0.29, 0.717) is 6.04 Å². The fourth-order valence-electron chi connectivity index (χ4n) is 3.46. The number of methoxy groups -OCH3 is 1. The summed E-state index contributed by atoms with van der Waals surface area (Å²) in [5.41, 5.74) is 1.41. The molecule has 1 saturated carbocycles. The summed E-state index contributed by atoms with van der Waals surface area (Å²) < 4.78 is 6.38. The Kier molecular flexibility index (Phi) is 6.56. The highest BCUT2D eigenvalue weighted by atomic mass is 79.9. The first-order chi connectivity index (χ1) is 10.1. The summed E-state index contributed by atoms with van der Waals surface area (Å²) in [5.74, 6) is 2.52. The van der Waals surface area contributed by atoms with Crippen LogP contribution < -0.4 is 10.1 Å². The highest BCUT2D eigenvalue weighted by Crippen LogP contribution is 2.33. The largest absolute Gasteiger partial charge is 0.496 e. The van der Waals surface area contributed by atoms with Crippen LogP contribution in [0.5, 0.6) is 5.75 Å². The van der Waals surface area contributed by atoms with E-state index in [9.17, 15) is 0 Å². The van der Waals surface area contributed by atoms with Crippen molar-refractivity contribution in [3.8, 4) is 5.75 Å². The van der Waals surface area contributed by atoms with Crippen LogP contribution in [0.25, 0.3) is 0 Å². The Labute approximate surface area is 137 Å². The lowest BCUT2D eigenvalue weighted by molar-refractivity contribution is 0.212. The van der Waals surface area contributed by atoms with E-state index in [1.165, 1.54) is 31.2 Å². The third-order valence-electron chi connectivity index (χ3n) is 4.62. The average Bonchev–Trinajstić information content (AvgIpc) is 2.47. The van der Waals surface area contributed by atoms with Crippen molar-refractivity contribution in [3.05, 3.63) is 28.2 Å². The minimum atomic E-state index is 0.682. The second-order valence-corrected chi connectivity index (χ2v) is 7.27. The normalized spacial score (nSPS) is 25.8. The van der Waals surface area contributed by atoms with E-state index in [-0.39, 0.29) is 0 Å². The number of rotatable bonds is 6. The van der Waals surface area contributed by atoms with Crippen molar-refractivity contribution in [2.45, 2.75) is 52.0 Å². The van der Waals surface area contributed by atoms with E-state index in [2.05, 4.69) is 53.3 Å². The van der Waals surface area contributed by atoms with Gasteiger partial charge in [-0.1, -0.05) is 19.9 Å². The lowest BCUT2D eigenvalue weighted by atomic mass is 9.76. The first kappa shape index (κ1) is 16.8. The molecule has 0 spiro atoms. The van der Waals surface area contributed by atoms with Crippen molar-refractivity contribution in [1.82, 2.24) is 5.32 Å². The first-order valence-corrected chi connectivity index (χ1v) is 8.99. The van der Waals surface area contributed by atoms with Gasteiger partial charge in [-0.2, -0.15) is 0 Å². The van der Waals surface area contributed by atoms with E-state index in [1.54, 1.807) is 7.11 Å². The van der Waals surface area contributed by atoms with Crippen LogP contribution in [0.15, 0.2) is 22.7 Å². The van der Waals surface area contributed by atoms with Crippen LogP contribution >= 0.6 is 15.9 Å². The zero-order valence-corrected chi connectivity index (χ0v) is 15.1. The molecular formula is C18H28BrNO. The fourth-order valence-corrected chi connectivity index (χ4v) is 4.05. The Hall–Kier alpha value is -0.540. The monoisotopic (exact) mass is 353 g/mol. The second kappa shape index (κ2) is 8.19.